The van der Waals surface area contributed by atoms with E-state index in [4.69, 9.17) is 5.73 Å². The first-order valence-corrected chi connectivity index (χ1v) is 6.69. The molecule has 1 nitrogen and oxygen atoms in total. The van der Waals surface area contributed by atoms with Gasteiger partial charge in [0.05, 0.1) is 5.54 Å². The molecular formula is C13H21NS. The number of rotatable bonds is 1. The third kappa shape index (κ3) is 1.64. The van der Waals surface area contributed by atoms with E-state index in [1.54, 1.807) is 0 Å². The molecule has 1 unspecified atom stereocenters. The average Bonchev–Trinajstić information content (AvgIpc) is 2.57. The highest BCUT2D eigenvalue weighted by Gasteiger charge is 2.46. The smallest absolute Gasteiger partial charge is 0.0558 e. The molecule has 1 fully saturated rings. The second-order valence-electron chi connectivity index (χ2n) is 5.50. The fourth-order valence-electron chi connectivity index (χ4n) is 2.78. The lowest BCUT2D eigenvalue weighted by Crippen LogP contribution is -2.51. The van der Waals surface area contributed by atoms with E-state index in [2.05, 4.69) is 32.2 Å². The molecule has 1 aromatic rings. The number of nitrogens with two attached hydrogens (primary N) is 1. The first kappa shape index (κ1) is 11.2. The van der Waals surface area contributed by atoms with Crippen LogP contribution in [0.15, 0.2) is 11.4 Å². The van der Waals surface area contributed by atoms with Crippen LogP contribution in [0, 0.1) is 12.3 Å². The molecule has 0 saturated heterocycles. The Balaban J connectivity index is 2.44. The van der Waals surface area contributed by atoms with E-state index in [0.717, 1.165) is 6.42 Å². The van der Waals surface area contributed by atoms with Gasteiger partial charge in [-0.25, -0.2) is 0 Å². The summed E-state index contributed by atoms with van der Waals surface area (Å²) in [7, 11) is 0. The normalized spacial score (nSPS) is 30.4. The van der Waals surface area contributed by atoms with Crippen LogP contribution in [0.25, 0.3) is 0 Å². The molecule has 0 amide bonds. The van der Waals surface area contributed by atoms with Crippen LogP contribution in [0.1, 0.15) is 50.0 Å². The van der Waals surface area contributed by atoms with Crippen LogP contribution >= 0.6 is 11.3 Å². The van der Waals surface area contributed by atoms with Crippen LogP contribution in [0.4, 0.5) is 0 Å². The summed E-state index contributed by atoms with van der Waals surface area (Å²) in [5.41, 5.74) is 8.23. The van der Waals surface area contributed by atoms with Crippen molar-refractivity contribution < 1.29 is 0 Å². The van der Waals surface area contributed by atoms with Gasteiger partial charge in [-0.3, -0.25) is 0 Å². The van der Waals surface area contributed by atoms with Gasteiger partial charge in [0.15, 0.2) is 0 Å². The molecule has 1 saturated carbocycles. The molecule has 1 aromatic heterocycles. The van der Waals surface area contributed by atoms with Crippen molar-refractivity contribution in [3.05, 3.63) is 21.9 Å². The minimum Gasteiger partial charge on any atom is -0.320 e. The maximum atomic E-state index is 6.71. The van der Waals surface area contributed by atoms with Crippen molar-refractivity contribution in [2.75, 3.05) is 0 Å². The van der Waals surface area contributed by atoms with Gasteiger partial charge in [-0.05, 0) is 42.2 Å². The largest absolute Gasteiger partial charge is 0.320 e. The van der Waals surface area contributed by atoms with Crippen LogP contribution in [-0.4, -0.2) is 0 Å². The minimum absolute atomic E-state index is 0.0937. The second kappa shape index (κ2) is 3.60. The van der Waals surface area contributed by atoms with E-state index in [-0.39, 0.29) is 11.0 Å². The SMILES string of the molecule is Cc1ccsc1C1(N)CCCCC1(C)C. The molecule has 1 atom stereocenters. The van der Waals surface area contributed by atoms with Gasteiger partial charge in [0.2, 0.25) is 0 Å². The highest BCUT2D eigenvalue weighted by atomic mass is 32.1. The molecule has 0 aromatic carbocycles. The van der Waals surface area contributed by atoms with Gasteiger partial charge >= 0.3 is 0 Å². The summed E-state index contributed by atoms with van der Waals surface area (Å²) in [4.78, 5) is 1.41. The van der Waals surface area contributed by atoms with Crippen molar-refractivity contribution in [2.45, 2.75) is 52.0 Å². The molecule has 2 rings (SSSR count). The van der Waals surface area contributed by atoms with E-state index in [9.17, 15) is 0 Å². The summed E-state index contributed by atoms with van der Waals surface area (Å²) in [6.07, 6.45) is 5.00. The molecule has 0 bridgehead atoms. The lowest BCUT2D eigenvalue weighted by Gasteiger charge is -2.47. The van der Waals surface area contributed by atoms with E-state index in [1.165, 1.54) is 29.7 Å². The molecule has 2 N–H and O–H groups in total. The molecule has 1 aliphatic carbocycles. The quantitative estimate of drug-likeness (QED) is 0.769. The van der Waals surface area contributed by atoms with Crippen molar-refractivity contribution in [1.29, 1.82) is 0 Å². The minimum atomic E-state index is -0.0937. The van der Waals surface area contributed by atoms with E-state index < -0.39 is 0 Å². The number of aryl methyl sites for hydroxylation is 1. The van der Waals surface area contributed by atoms with Gasteiger partial charge in [0.25, 0.3) is 0 Å². The van der Waals surface area contributed by atoms with Gasteiger partial charge in [0, 0.05) is 4.88 Å². The summed E-state index contributed by atoms with van der Waals surface area (Å²) >= 11 is 1.83. The molecule has 0 aliphatic heterocycles. The molecule has 1 heterocycles. The summed E-state index contributed by atoms with van der Waals surface area (Å²) in [6.45, 7) is 6.84. The fraction of sp³-hybridized carbons (Fsp3) is 0.692. The van der Waals surface area contributed by atoms with Gasteiger partial charge in [-0.2, -0.15) is 0 Å². The van der Waals surface area contributed by atoms with E-state index >= 15 is 0 Å². The molecule has 84 valence electrons. The first-order chi connectivity index (χ1) is 6.97. The Labute approximate surface area is 96.7 Å². The summed E-state index contributed by atoms with van der Waals surface area (Å²) < 4.78 is 0. The van der Waals surface area contributed by atoms with Crippen LogP contribution in [0.3, 0.4) is 0 Å². The fourth-order valence-corrected chi connectivity index (χ4v) is 4.03. The number of hydrogen-bond acceptors (Lipinski definition) is 2. The Morgan fingerprint density at radius 3 is 2.47 bits per heavy atom. The maximum absolute atomic E-state index is 6.71. The monoisotopic (exact) mass is 223 g/mol. The lowest BCUT2D eigenvalue weighted by molar-refractivity contribution is 0.101. The third-order valence-electron chi connectivity index (χ3n) is 4.10. The van der Waals surface area contributed by atoms with Crippen molar-refractivity contribution in [2.24, 2.45) is 11.1 Å². The highest BCUT2D eigenvalue weighted by Crippen LogP contribution is 2.50. The summed E-state index contributed by atoms with van der Waals surface area (Å²) in [5, 5.41) is 2.17. The molecule has 1 aliphatic rings. The zero-order chi connectivity index (χ0) is 11.1. The zero-order valence-corrected chi connectivity index (χ0v) is 10.8. The van der Waals surface area contributed by atoms with Crippen LogP contribution in [0.2, 0.25) is 0 Å². The van der Waals surface area contributed by atoms with Crippen molar-refractivity contribution in [3.8, 4) is 0 Å². The van der Waals surface area contributed by atoms with Crippen LogP contribution in [-0.2, 0) is 5.54 Å². The Bertz CT molecular complexity index is 353. The maximum Gasteiger partial charge on any atom is 0.0558 e. The second-order valence-corrected chi connectivity index (χ2v) is 6.41. The molecule has 0 spiro atoms. The number of thiophene rings is 1. The predicted molar refractivity (Wildman–Crippen MR) is 67.2 cm³/mol. The van der Waals surface area contributed by atoms with Crippen LogP contribution < -0.4 is 5.73 Å². The molecule has 15 heavy (non-hydrogen) atoms. The zero-order valence-electron chi connectivity index (χ0n) is 9.97. The molecule has 2 heteroatoms. The predicted octanol–water partition coefficient (Wildman–Crippen LogP) is 3.81. The summed E-state index contributed by atoms with van der Waals surface area (Å²) in [6, 6.07) is 2.19. The van der Waals surface area contributed by atoms with Gasteiger partial charge in [-0.15, -0.1) is 11.3 Å². The Hall–Kier alpha value is -0.340. The van der Waals surface area contributed by atoms with Crippen molar-refractivity contribution in [3.63, 3.8) is 0 Å². The molecular weight excluding hydrogens is 202 g/mol. The Morgan fingerprint density at radius 2 is 1.93 bits per heavy atom. The third-order valence-corrected chi connectivity index (χ3v) is 5.29. The van der Waals surface area contributed by atoms with Crippen molar-refractivity contribution in [1.82, 2.24) is 0 Å². The van der Waals surface area contributed by atoms with E-state index in [1.807, 2.05) is 11.3 Å². The topological polar surface area (TPSA) is 26.0 Å². The van der Waals surface area contributed by atoms with E-state index in [0.29, 0.717) is 0 Å². The number of hydrogen-bond donors (Lipinski definition) is 1. The van der Waals surface area contributed by atoms with Gasteiger partial charge in [0.1, 0.15) is 0 Å². The lowest BCUT2D eigenvalue weighted by atomic mass is 9.62. The highest BCUT2D eigenvalue weighted by molar-refractivity contribution is 7.10. The van der Waals surface area contributed by atoms with Gasteiger partial charge in [-0.1, -0.05) is 26.7 Å². The molecule has 0 radical (unpaired) electrons. The Morgan fingerprint density at radius 1 is 1.27 bits per heavy atom. The van der Waals surface area contributed by atoms with Crippen molar-refractivity contribution >= 4 is 11.3 Å². The summed E-state index contributed by atoms with van der Waals surface area (Å²) in [5.74, 6) is 0. The Kier molecular flexibility index (Phi) is 2.68. The standard InChI is InChI=1S/C13H21NS/c1-10-6-9-15-11(10)13(14)8-5-4-7-12(13,2)3/h6,9H,4-5,7-8,14H2,1-3H3. The first-order valence-electron chi connectivity index (χ1n) is 5.81. The van der Waals surface area contributed by atoms with Crippen LogP contribution in [0.5, 0.6) is 0 Å². The average molecular weight is 223 g/mol. The van der Waals surface area contributed by atoms with Gasteiger partial charge < -0.3 is 5.73 Å².